The van der Waals surface area contributed by atoms with Gasteiger partial charge in [0.1, 0.15) is 24.4 Å². The van der Waals surface area contributed by atoms with Crippen LogP contribution < -0.4 is 5.32 Å². The molecule has 9 heteroatoms. The van der Waals surface area contributed by atoms with Gasteiger partial charge in [0, 0.05) is 6.42 Å². The minimum absolute atomic E-state index is 0.197. The number of aliphatic hydroxyl groups excluding tert-OH is 5. The van der Waals surface area contributed by atoms with Gasteiger partial charge in [-0.3, -0.25) is 4.79 Å². The first-order valence-electron chi connectivity index (χ1n) is 28.1. The van der Waals surface area contributed by atoms with Gasteiger partial charge in [-0.25, -0.2) is 0 Å². The summed E-state index contributed by atoms with van der Waals surface area (Å²) in [5, 5.41) is 54.3. The quantitative estimate of drug-likeness (QED) is 0.0261. The maximum absolute atomic E-state index is 13.0. The van der Waals surface area contributed by atoms with Crippen molar-refractivity contribution in [1.29, 1.82) is 0 Å². The number of amides is 1. The van der Waals surface area contributed by atoms with E-state index in [1.165, 1.54) is 103 Å². The number of allylic oxidation sites excluding steroid dienone is 17. The van der Waals surface area contributed by atoms with Crippen molar-refractivity contribution in [2.24, 2.45) is 0 Å². The van der Waals surface area contributed by atoms with Crippen molar-refractivity contribution in [3.63, 3.8) is 0 Å². The maximum Gasteiger partial charge on any atom is 0.220 e. The Morgan fingerprint density at radius 1 is 0.500 bits per heavy atom. The molecule has 0 spiro atoms. The minimum atomic E-state index is -1.58. The molecule has 1 saturated heterocycles. The van der Waals surface area contributed by atoms with Crippen molar-refractivity contribution in [1.82, 2.24) is 5.32 Å². The highest BCUT2D eigenvalue weighted by Gasteiger charge is 2.44. The van der Waals surface area contributed by atoms with Crippen LogP contribution in [0.4, 0.5) is 0 Å². The summed E-state index contributed by atoms with van der Waals surface area (Å²) in [6.45, 7) is 3.61. The summed E-state index contributed by atoms with van der Waals surface area (Å²) in [6.07, 6.45) is 65.8. The second-order valence-corrected chi connectivity index (χ2v) is 19.0. The van der Waals surface area contributed by atoms with E-state index in [9.17, 15) is 30.3 Å². The highest BCUT2D eigenvalue weighted by molar-refractivity contribution is 5.76. The molecule has 0 saturated carbocycles. The number of carbonyl (C=O) groups is 1. The first-order chi connectivity index (χ1) is 34.3. The van der Waals surface area contributed by atoms with E-state index in [0.29, 0.717) is 6.42 Å². The lowest BCUT2D eigenvalue weighted by Gasteiger charge is -2.40. The van der Waals surface area contributed by atoms with Crippen LogP contribution in [0.15, 0.2) is 109 Å². The molecule has 400 valence electrons. The zero-order chi connectivity index (χ0) is 50.8. The van der Waals surface area contributed by atoms with E-state index in [1.807, 2.05) is 6.08 Å². The average Bonchev–Trinajstić information content (AvgIpc) is 3.36. The van der Waals surface area contributed by atoms with E-state index in [1.54, 1.807) is 6.08 Å². The van der Waals surface area contributed by atoms with Crippen molar-refractivity contribution in [3.05, 3.63) is 109 Å². The van der Waals surface area contributed by atoms with Crippen molar-refractivity contribution in [2.45, 2.75) is 256 Å². The van der Waals surface area contributed by atoms with Gasteiger partial charge in [0.25, 0.3) is 0 Å². The van der Waals surface area contributed by atoms with Crippen LogP contribution in [0.5, 0.6) is 0 Å². The first-order valence-corrected chi connectivity index (χ1v) is 28.1. The fourth-order valence-corrected chi connectivity index (χ4v) is 8.13. The lowest BCUT2D eigenvalue weighted by molar-refractivity contribution is -0.302. The topological polar surface area (TPSA) is 149 Å². The molecule has 1 rings (SSSR count). The van der Waals surface area contributed by atoms with Crippen LogP contribution in [0.1, 0.15) is 213 Å². The number of nitrogens with one attached hydrogen (secondary N) is 1. The molecular formula is C61H103NO8. The van der Waals surface area contributed by atoms with Gasteiger partial charge in [0.05, 0.1) is 25.4 Å². The largest absolute Gasteiger partial charge is 0.394 e. The average molecular weight is 978 g/mol. The molecule has 7 atom stereocenters. The summed E-state index contributed by atoms with van der Waals surface area (Å²) in [5.74, 6) is -0.197. The Hall–Kier alpha value is -3.15. The van der Waals surface area contributed by atoms with Gasteiger partial charge in [-0.15, -0.1) is 0 Å². The molecule has 0 aliphatic carbocycles. The number of ether oxygens (including phenoxy) is 2. The van der Waals surface area contributed by atoms with E-state index in [0.717, 1.165) is 89.9 Å². The smallest absolute Gasteiger partial charge is 0.220 e. The Balaban J connectivity index is 2.18. The summed E-state index contributed by atoms with van der Waals surface area (Å²) in [5.41, 5.74) is 0. The van der Waals surface area contributed by atoms with E-state index in [2.05, 4.69) is 116 Å². The van der Waals surface area contributed by atoms with Crippen LogP contribution in [-0.4, -0.2) is 87.5 Å². The Kier molecular flexibility index (Phi) is 45.8. The molecule has 7 unspecified atom stereocenters. The van der Waals surface area contributed by atoms with Gasteiger partial charge in [0.15, 0.2) is 6.29 Å². The van der Waals surface area contributed by atoms with Crippen LogP contribution >= 0.6 is 0 Å². The van der Waals surface area contributed by atoms with Crippen molar-refractivity contribution in [3.8, 4) is 0 Å². The van der Waals surface area contributed by atoms with Crippen molar-refractivity contribution < 1.29 is 39.8 Å². The molecule has 0 aromatic rings. The van der Waals surface area contributed by atoms with Gasteiger partial charge in [-0.05, 0) is 96.3 Å². The van der Waals surface area contributed by atoms with Crippen LogP contribution in [0, 0.1) is 0 Å². The maximum atomic E-state index is 13.0. The summed E-state index contributed by atoms with van der Waals surface area (Å²) in [4.78, 5) is 13.0. The second kappa shape index (κ2) is 49.4. The van der Waals surface area contributed by atoms with Crippen molar-refractivity contribution in [2.75, 3.05) is 13.2 Å². The van der Waals surface area contributed by atoms with Crippen molar-refractivity contribution >= 4 is 5.91 Å². The third-order valence-electron chi connectivity index (χ3n) is 12.6. The summed E-state index contributed by atoms with van der Waals surface area (Å²) >= 11 is 0. The van der Waals surface area contributed by atoms with Gasteiger partial charge in [0.2, 0.25) is 5.91 Å². The zero-order valence-corrected chi connectivity index (χ0v) is 44.2. The molecule has 1 fully saturated rings. The molecular weight excluding hydrogens is 875 g/mol. The third-order valence-corrected chi connectivity index (χ3v) is 12.6. The molecule has 0 bridgehead atoms. The summed E-state index contributed by atoms with van der Waals surface area (Å²) < 4.78 is 11.2. The zero-order valence-electron chi connectivity index (χ0n) is 44.2. The molecule has 70 heavy (non-hydrogen) atoms. The molecule has 1 amide bonds. The standard InChI is InChI=1S/C61H103NO8/c1-3-5-7-9-11-13-15-17-19-20-21-22-23-24-25-26-27-28-29-30-31-32-33-34-35-36-37-39-41-43-45-47-49-51-57(65)62-54(53-69-61-60(68)59(67)58(66)56(52-63)70-61)55(64)50-48-46-44-42-40-38-18-16-14-12-10-8-6-4-2/h5,7,11,13-14,16-17,19,21-22,24-25,27-28,40,42,48,50,54-56,58-61,63-64,66-68H,3-4,6,8-10,12,15,18,20,23,26,29-39,41,43-47,49,51-53H2,1-2H3,(H,62,65)/b7-5-,13-11-,16-14+,19-17-,22-21-,25-24-,28-27-,42-40+,50-48+. The van der Waals surface area contributed by atoms with Gasteiger partial charge >= 0.3 is 0 Å². The van der Waals surface area contributed by atoms with Gasteiger partial charge in [-0.1, -0.05) is 220 Å². The number of aliphatic hydroxyl groups is 5. The van der Waals surface area contributed by atoms with Gasteiger partial charge in [-0.2, -0.15) is 0 Å². The predicted octanol–water partition coefficient (Wildman–Crippen LogP) is 13.8. The number of unbranched alkanes of at least 4 members (excludes halogenated alkanes) is 20. The van der Waals surface area contributed by atoms with E-state index in [-0.39, 0.29) is 12.5 Å². The number of carbonyl (C=O) groups excluding carboxylic acids is 1. The molecule has 1 heterocycles. The third kappa shape index (κ3) is 38.5. The molecule has 0 radical (unpaired) electrons. The highest BCUT2D eigenvalue weighted by Crippen LogP contribution is 2.23. The summed E-state index contributed by atoms with van der Waals surface area (Å²) in [7, 11) is 0. The number of rotatable bonds is 46. The Morgan fingerprint density at radius 3 is 1.37 bits per heavy atom. The fraction of sp³-hybridized carbons (Fsp3) is 0.689. The highest BCUT2D eigenvalue weighted by atomic mass is 16.7. The molecule has 0 aromatic carbocycles. The monoisotopic (exact) mass is 978 g/mol. The molecule has 1 aliphatic heterocycles. The Morgan fingerprint density at radius 2 is 0.900 bits per heavy atom. The lowest BCUT2D eigenvalue weighted by Crippen LogP contribution is -2.60. The molecule has 1 aliphatic rings. The molecule has 0 aromatic heterocycles. The SMILES string of the molecule is CC/C=C\C/C=C\C/C=C\C/C=C\C/C=C\C/C=C\CCCCCCCCCCCCCCCCC(=O)NC(COC1OC(CO)C(O)C(O)C1O)C(O)/C=C/CC/C=C/CC/C=C/CCCCCC. The predicted molar refractivity (Wildman–Crippen MR) is 294 cm³/mol. The Bertz CT molecular complexity index is 1460. The number of hydrogen-bond donors (Lipinski definition) is 6. The lowest BCUT2D eigenvalue weighted by atomic mass is 9.99. The van der Waals surface area contributed by atoms with Gasteiger partial charge < -0.3 is 40.3 Å². The van der Waals surface area contributed by atoms with Crippen LogP contribution in [0.3, 0.4) is 0 Å². The minimum Gasteiger partial charge on any atom is -0.394 e. The summed E-state index contributed by atoms with van der Waals surface area (Å²) in [6, 6.07) is -0.834. The van der Waals surface area contributed by atoms with E-state index in [4.69, 9.17) is 9.47 Å². The second-order valence-electron chi connectivity index (χ2n) is 19.0. The first kappa shape index (κ1) is 64.9. The van der Waals surface area contributed by atoms with E-state index < -0.39 is 49.5 Å². The number of hydrogen-bond acceptors (Lipinski definition) is 8. The Labute approximate surface area is 427 Å². The van der Waals surface area contributed by atoms with Crippen LogP contribution in [-0.2, 0) is 14.3 Å². The molecule has 9 nitrogen and oxygen atoms in total. The van der Waals surface area contributed by atoms with Crippen LogP contribution in [0.2, 0.25) is 0 Å². The van der Waals surface area contributed by atoms with E-state index >= 15 is 0 Å². The fourth-order valence-electron chi connectivity index (χ4n) is 8.13. The molecule has 6 N–H and O–H groups in total. The normalized spacial score (nSPS) is 20.2. The van der Waals surface area contributed by atoms with Crippen LogP contribution in [0.25, 0.3) is 0 Å².